The normalized spacial score (nSPS) is 20.7. The largest absolute Gasteiger partial charge is 0.381 e. The zero-order chi connectivity index (χ0) is 21.5. The molecule has 0 atom stereocenters. The lowest BCUT2D eigenvalue weighted by Crippen LogP contribution is -2.52. The number of benzene rings is 1. The maximum atomic E-state index is 13.5. The van der Waals surface area contributed by atoms with Crippen LogP contribution >= 0.6 is 0 Å². The van der Waals surface area contributed by atoms with E-state index in [4.69, 9.17) is 14.5 Å². The van der Waals surface area contributed by atoms with Gasteiger partial charge in [-0.15, -0.1) is 0 Å². The minimum atomic E-state index is -0.200. The van der Waals surface area contributed by atoms with Crippen LogP contribution in [0.1, 0.15) is 39.2 Å². The molecular weight excluding hydrogens is 383 g/mol. The molecule has 2 saturated heterocycles. The number of morpholine rings is 1. The van der Waals surface area contributed by atoms with Crippen LogP contribution in [-0.4, -0.2) is 75.5 Å². The average molecular weight is 421 g/mol. The topological polar surface area (TPSA) is 58.1 Å². The van der Waals surface area contributed by atoms with Crippen molar-refractivity contribution in [3.8, 4) is 0 Å². The molecule has 7 heteroatoms. The van der Waals surface area contributed by atoms with E-state index in [1.807, 2.05) is 12.1 Å². The number of hydrogen-bond acceptors (Lipinski definition) is 4. The van der Waals surface area contributed by atoms with Gasteiger partial charge in [0, 0.05) is 50.3 Å². The molecule has 2 aliphatic rings. The number of hydrogen-bond donors (Lipinski definition) is 2. The lowest BCUT2D eigenvalue weighted by molar-refractivity contribution is -0.00684. The molecule has 3 rings (SSSR count). The van der Waals surface area contributed by atoms with Gasteiger partial charge in [-0.2, -0.15) is 0 Å². The minimum Gasteiger partial charge on any atom is -0.381 e. The second-order valence-corrected chi connectivity index (χ2v) is 8.86. The Morgan fingerprint density at radius 2 is 1.70 bits per heavy atom. The van der Waals surface area contributed by atoms with E-state index in [-0.39, 0.29) is 16.8 Å². The fourth-order valence-electron chi connectivity index (χ4n) is 4.27. The summed E-state index contributed by atoms with van der Waals surface area (Å²) in [5, 5.41) is 6.95. The van der Waals surface area contributed by atoms with E-state index < -0.39 is 0 Å². The van der Waals surface area contributed by atoms with Crippen LogP contribution in [0.15, 0.2) is 29.3 Å². The zero-order valence-electron chi connectivity index (χ0n) is 18.7. The Kier molecular flexibility index (Phi) is 8.08. The summed E-state index contributed by atoms with van der Waals surface area (Å²) >= 11 is 0. The maximum Gasteiger partial charge on any atom is 0.191 e. The molecule has 6 nitrogen and oxygen atoms in total. The summed E-state index contributed by atoms with van der Waals surface area (Å²) in [6.07, 6.45) is 1.81. The van der Waals surface area contributed by atoms with E-state index in [1.165, 1.54) is 0 Å². The summed E-state index contributed by atoms with van der Waals surface area (Å²) in [4.78, 5) is 7.35. The molecule has 2 N–H and O–H groups in total. The van der Waals surface area contributed by atoms with Gasteiger partial charge >= 0.3 is 0 Å². The van der Waals surface area contributed by atoms with Crippen molar-refractivity contribution in [1.82, 2.24) is 15.5 Å². The molecule has 0 aromatic heterocycles. The van der Waals surface area contributed by atoms with Gasteiger partial charge in [-0.25, -0.2) is 4.39 Å². The first-order chi connectivity index (χ1) is 14.5. The molecule has 1 aromatic rings. The fourth-order valence-corrected chi connectivity index (χ4v) is 4.27. The molecule has 2 fully saturated rings. The molecule has 0 amide bonds. The van der Waals surface area contributed by atoms with E-state index in [9.17, 15) is 4.39 Å². The van der Waals surface area contributed by atoms with Crippen LogP contribution in [-0.2, 0) is 14.9 Å². The molecule has 2 aliphatic heterocycles. The summed E-state index contributed by atoms with van der Waals surface area (Å²) in [5.41, 5.74) is 1.05. The molecule has 0 bridgehead atoms. The highest BCUT2D eigenvalue weighted by Gasteiger charge is 2.35. The highest BCUT2D eigenvalue weighted by atomic mass is 19.1. The fraction of sp³-hybridized carbons (Fsp3) is 0.696. The first-order valence-electron chi connectivity index (χ1n) is 11.1. The summed E-state index contributed by atoms with van der Waals surface area (Å²) in [6.45, 7) is 13.7. The van der Waals surface area contributed by atoms with Crippen molar-refractivity contribution in [2.75, 3.05) is 59.2 Å². The van der Waals surface area contributed by atoms with Gasteiger partial charge in [-0.1, -0.05) is 12.1 Å². The molecule has 0 radical (unpaired) electrons. The van der Waals surface area contributed by atoms with Crippen molar-refractivity contribution in [3.63, 3.8) is 0 Å². The number of aliphatic imine (C=N–C) groups is 1. The zero-order valence-corrected chi connectivity index (χ0v) is 18.7. The predicted octanol–water partition coefficient (Wildman–Crippen LogP) is 2.54. The Labute approximate surface area is 180 Å². The van der Waals surface area contributed by atoms with Crippen LogP contribution in [0.4, 0.5) is 4.39 Å². The number of ether oxygens (including phenoxy) is 2. The second kappa shape index (κ2) is 10.6. The van der Waals surface area contributed by atoms with Crippen molar-refractivity contribution in [2.24, 2.45) is 4.99 Å². The van der Waals surface area contributed by atoms with Crippen LogP contribution in [0.5, 0.6) is 0 Å². The van der Waals surface area contributed by atoms with E-state index in [1.54, 1.807) is 12.1 Å². The summed E-state index contributed by atoms with van der Waals surface area (Å²) in [6, 6.07) is 6.93. The van der Waals surface area contributed by atoms with Gasteiger partial charge < -0.3 is 20.1 Å². The van der Waals surface area contributed by atoms with Crippen molar-refractivity contribution < 1.29 is 13.9 Å². The Hall–Kier alpha value is -1.70. The lowest BCUT2D eigenvalue weighted by Gasteiger charge is -2.40. The molecule has 30 heavy (non-hydrogen) atoms. The van der Waals surface area contributed by atoms with Crippen LogP contribution in [0, 0.1) is 5.82 Å². The van der Waals surface area contributed by atoms with Crippen LogP contribution in [0.25, 0.3) is 0 Å². The first kappa shape index (κ1) is 23.0. The van der Waals surface area contributed by atoms with Gasteiger partial charge in [0.05, 0.1) is 19.8 Å². The third-order valence-electron chi connectivity index (χ3n) is 6.34. The molecule has 0 unspecified atom stereocenters. The summed E-state index contributed by atoms with van der Waals surface area (Å²) in [7, 11) is 0. The van der Waals surface area contributed by atoms with Gasteiger partial charge in [0.2, 0.25) is 0 Å². The number of nitrogens with zero attached hydrogens (tertiary/aromatic N) is 2. The Bertz CT molecular complexity index is 681. The molecule has 2 heterocycles. The molecule has 0 saturated carbocycles. The third-order valence-corrected chi connectivity index (χ3v) is 6.34. The molecule has 0 spiro atoms. The van der Waals surface area contributed by atoms with Crippen LogP contribution in [0.2, 0.25) is 0 Å². The van der Waals surface area contributed by atoms with Crippen molar-refractivity contribution in [2.45, 2.75) is 44.6 Å². The summed E-state index contributed by atoms with van der Waals surface area (Å²) in [5.74, 6) is 0.626. The minimum absolute atomic E-state index is 0.0283. The number of rotatable bonds is 7. The molecule has 0 aliphatic carbocycles. The lowest BCUT2D eigenvalue weighted by atomic mass is 9.74. The van der Waals surface area contributed by atoms with Gasteiger partial charge in [0.1, 0.15) is 5.82 Å². The summed E-state index contributed by atoms with van der Waals surface area (Å²) < 4.78 is 24.6. The van der Waals surface area contributed by atoms with Gasteiger partial charge in [0.25, 0.3) is 0 Å². The van der Waals surface area contributed by atoms with Crippen molar-refractivity contribution >= 4 is 5.96 Å². The molecular formula is C23H37FN4O2. The predicted molar refractivity (Wildman–Crippen MR) is 119 cm³/mol. The number of nitrogens with one attached hydrogen (secondary N) is 2. The van der Waals surface area contributed by atoms with Gasteiger partial charge in [-0.3, -0.25) is 9.89 Å². The van der Waals surface area contributed by atoms with E-state index in [0.717, 1.165) is 77.0 Å². The Balaban J connectivity index is 1.69. The highest BCUT2D eigenvalue weighted by Crippen LogP contribution is 2.34. The van der Waals surface area contributed by atoms with Crippen LogP contribution in [0.3, 0.4) is 0 Å². The smallest absolute Gasteiger partial charge is 0.191 e. The Morgan fingerprint density at radius 3 is 2.33 bits per heavy atom. The van der Waals surface area contributed by atoms with Gasteiger partial charge in [-0.05, 0) is 51.3 Å². The van der Waals surface area contributed by atoms with E-state index >= 15 is 0 Å². The van der Waals surface area contributed by atoms with Gasteiger partial charge in [0.15, 0.2) is 5.96 Å². The second-order valence-electron chi connectivity index (χ2n) is 8.86. The first-order valence-corrected chi connectivity index (χ1v) is 11.1. The Morgan fingerprint density at radius 1 is 1.07 bits per heavy atom. The van der Waals surface area contributed by atoms with Crippen LogP contribution < -0.4 is 10.6 Å². The monoisotopic (exact) mass is 420 g/mol. The molecule has 168 valence electrons. The highest BCUT2D eigenvalue weighted by molar-refractivity contribution is 5.80. The SMILES string of the molecule is CCNC(=NCC(C)(C)N1CCOCC1)NCC1(c2ccc(F)cc2)CCOCC1. The molecule has 1 aromatic carbocycles. The quantitative estimate of drug-likeness (QED) is 0.524. The van der Waals surface area contributed by atoms with E-state index in [0.29, 0.717) is 6.54 Å². The van der Waals surface area contributed by atoms with E-state index in [2.05, 4.69) is 36.3 Å². The number of halogens is 1. The van der Waals surface area contributed by atoms with Crippen molar-refractivity contribution in [3.05, 3.63) is 35.6 Å². The van der Waals surface area contributed by atoms with Crippen molar-refractivity contribution in [1.29, 1.82) is 0 Å². The standard InChI is InChI=1S/C23H37FN4O2/c1-4-25-21(26-17-22(2,3)28-11-15-30-16-12-28)27-18-23(9-13-29-14-10-23)19-5-7-20(24)8-6-19/h5-8H,4,9-18H2,1-3H3,(H2,25,26,27). The number of guanidine groups is 1. The average Bonchev–Trinajstić information content (AvgIpc) is 2.77. The third kappa shape index (κ3) is 5.93. The maximum absolute atomic E-state index is 13.5.